The third-order valence-electron chi connectivity index (χ3n) is 2.79. The number of nitrogens with one attached hydrogen (secondary N) is 1. The minimum absolute atomic E-state index is 0.123. The SMILES string of the molecule is CN(Cc1ccccn1)C(=O)C(=O)Nc1cc(F)cc(F)c1. The van der Waals surface area contributed by atoms with E-state index in [0.717, 1.165) is 17.0 Å². The first-order chi connectivity index (χ1) is 10.5. The average molecular weight is 305 g/mol. The summed E-state index contributed by atoms with van der Waals surface area (Å²) in [5.41, 5.74) is 0.491. The number of hydrogen-bond donors (Lipinski definition) is 1. The lowest BCUT2D eigenvalue weighted by molar-refractivity contribution is -0.142. The summed E-state index contributed by atoms with van der Waals surface area (Å²) in [6.45, 7) is 0.143. The maximum Gasteiger partial charge on any atom is 0.313 e. The first-order valence-electron chi connectivity index (χ1n) is 6.38. The normalized spacial score (nSPS) is 10.1. The molecule has 2 amide bonds. The van der Waals surface area contributed by atoms with Gasteiger partial charge in [-0.2, -0.15) is 0 Å². The molecule has 0 spiro atoms. The summed E-state index contributed by atoms with van der Waals surface area (Å²) in [5.74, 6) is -3.51. The van der Waals surface area contributed by atoms with Crippen LogP contribution in [0.1, 0.15) is 5.69 Å². The van der Waals surface area contributed by atoms with Crippen LogP contribution in [0.4, 0.5) is 14.5 Å². The Morgan fingerprint density at radius 2 is 1.86 bits per heavy atom. The van der Waals surface area contributed by atoms with Crippen molar-refractivity contribution < 1.29 is 18.4 Å². The maximum absolute atomic E-state index is 13.0. The predicted octanol–water partition coefficient (Wildman–Crippen LogP) is 1.96. The molecule has 0 saturated heterocycles. The highest BCUT2D eigenvalue weighted by atomic mass is 19.1. The number of nitrogens with zero attached hydrogens (tertiary/aromatic N) is 2. The van der Waals surface area contributed by atoms with E-state index in [-0.39, 0.29) is 12.2 Å². The Bertz CT molecular complexity index is 672. The van der Waals surface area contributed by atoms with Crippen molar-refractivity contribution in [3.8, 4) is 0 Å². The van der Waals surface area contributed by atoms with Crippen molar-refractivity contribution in [1.29, 1.82) is 0 Å². The van der Waals surface area contributed by atoms with Crippen LogP contribution >= 0.6 is 0 Å². The predicted molar refractivity (Wildman–Crippen MR) is 75.7 cm³/mol. The Morgan fingerprint density at radius 3 is 2.45 bits per heavy atom. The summed E-state index contributed by atoms with van der Waals surface area (Å²) < 4.78 is 26.1. The van der Waals surface area contributed by atoms with Gasteiger partial charge in [0.1, 0.15) is 11.6 Å². The van der Waals surface area contributed by atoms with Crippen LogP contribution in [0.15, 0.2) is 42.6 Å². The van der Waals surface area contributed by atoms with Crippen molar-refractivity contribution in [2.24, 2.45) is 0 Å². The summed E-state index contributed by atoms with van der Waals surface area (Å²) in [7, 11) is 1.43. The molecular weight excluding hydrogens is 292 g/mol. The van der Waals surface area contributed by atoms with E-state index in [1.807, 2.05) is 0 Å². The molecule has 114 valence electrons. The van der Waals surface area contributed by atoms with Crippen LogP contribution in [0, 0.1) is 11.6 Å². The lowest BCUT2D eigenvalue weighted by Gasteiger charge is -2.16. The van der Waals surface area contributed by atoms with Gasteiger partial charge in [-0.1, -0.05) is 6.07 Å². The van der Waals surface area contributed by atoms with E-state index in [4.69, 9.17) is 0 Å². The van der Waals surface area contributed by atoms with Gasteiger partial charge < -0.3 is 10.2 Å². The van der Waals surface area contributed by atoms with Gasteiger partial charge in [-0.05, 0) is 24.3 Å². The molecule has 0 atom stereocenters. The topological polar surface area (TPSA) is 62.3 Å². The Morgan fingerprint density at radius 1 is 1.18 bits per heavy atom. The number of halogens is 2. The number of amides is 2. The van der Waals surface area contributed by atoms with Crippen LogP contribution in [0.2, 0.25) is 0 Å². The highest BCUT2D eigenvalue weighted by Crippen LogP contribution is 2.13. The van der Waals surface area contributed by atoms with Gasteiger partial charge in [-0.15, -0.1) is 0 Å². The van der Waals surface area contributed by atoms with Gasteiger partial charge in [-0.3, -0.25) is 14.6 Å². The highest BCUT2D eigenvalue weighted by molar-refractivity contribution is 6.39. The summed E-state index contributed by atoms with van der Waals surface area (Å²) in [5, 5.41) is 2.16. The Hall–Kier alpha value is -2.83. The number of carbonyl (C=O) groups excluding carboxylic acids is 2. The summed E-state index contributed by atoms with van der Waals surface area (Å²) in [6.07, 6.45) is 1.57. The monoisotopic (exact) mass is 305 g/mol. The molecule has 0 fully saturated rings. The number of carbonyl (C=O) groups is 2. The van der Waals surface area contributed by atoms with Gasteiger partial charge in [0.2, 0.25) is 0 Å². The molecule has 1 heterocycles. The third-order valence-corrected chi connectivity index (χ3v) is 2.79. The van der Waals surface area contributed by atoms with E-state index in [1.54, 1.807) is 24.4 Å². The fraction of sp³-hybridized carbons (Fsp3) is 0.133. The lowest BCUT2D eigenvalue weighted by atomic mass is 10.3. The number of likely N-dealkylation sites (N-methyl/N-ethyl adjacent to an activating group) is 1. The Balaban J connectivity index is 2.01. The first kappa shape index (κ1) is 15.6. The quantitative estimate of drug-likeness (QED) is 0.882. The number of aromatic nitrogens is 1. The van der Waals surface area contributed by atoms with Crippen LogP contribution in [-0.4, -0.2) is 28.7 Å². The van der Waals surface area contributed by atoms with Crippen LogP contribution in [-0.2, 0) is 16.1 Å². The van der Waals surface area contributed by atoms with Crippen molar-refractivity contribution in [2.75, 3.05) is 12.4 Å². The molecule has 0 unspecified atom stereocenters. The van der Waals surface area contributed by atoms with Crippen LogP contribution in [0.3, 0.4) is 0 Å². The molecular formula is C15H13F2N3O2. The van der Waals surface area contributed by atoms with Crippen molar-refractivity contribution in [1.82, 2.24) is 9.88 Å². The molecule has 5 nitrogen and oxygen atoms in total. The zero-order valence-corrected chi connectivity index (χ0v) is 11.7. The first-order valence-corrected chi connectivity index (χ1v) is 6.38. The summed E-state index contributed by atoms with van der Waals surface area (Å²) in [4.78, 5) is 28.9. The lowest BCUT2D eigenvalue weighted by Crippen LogP contribution is -2.36. The van der Waals surface area contributed by atoms with Gasteiger partial charge in [0.15, 0.2) is 0 Å². The molecule has 7 heteroatoms. The smallest absolute Gasteiger partial charge is 0.313 e. The standard InChI is InChI=1S/C15H13F2N3O2/c1-20(9-12-4-2-3-5-18-12)15(22)14(21)19-13-7-10(16)6-11(17)8-13/h2-8H,9H2,1H3,(H,19,21). The summed E-state index contributed by atoms with van der Waals surface area (Å²) >= 11 is 0. The molecule has 1 N–H and O–H groups in total. The van der Waals surface area contributed by atoms with Crippen LogP contribution < -0.4 is 5.32 Å². The van der Waals surface area contributed by atoms with Crippen LogP contribution in [0.5, 0.6) is 0 Å². The second kappa shape index (κ2) is 6.75. The van der Waals surface area contributed by atoms with Gasteiger partial charge >= 0.3 is 11.8 Å². The highest BCUT2D eigenvalue weighted by Gasteiger charge is 2.19. The molecule has 0 aliphatic rings. The minimum atomic E-state index is -0.983. The van der Waals surface area contributed by atoms with Crippen molar-refractivity contribution in [3.63, 3.8) is 0 Å². The Kier molecular flexibility index (Phi) is 4.77. The van der Waals surface area contributed by atoms with E-state index in [0.29, 0.717) is 11.8 Å². The molecule has 0 radical (unpaired) electrons. The van der Waals surface area contributed by atoms with Gasteiger partial charge in [0, 0.05) is 25.0 Å². The largest absolute Gasteiger partial charge is 0.332 e. The van der Waals surface area contributed by atoms with Crippen molar-refractivity contribution >= 4 is 17.5 Å². The fourth-order valence-corrected chi connectivity index (χ4v) is 1.79. The van der Waals surface area contributed by atoms with E-state index in [1.165, 1.54) is 7.05 Å². The van der Waals surface area contributed by atoms with E-state index >= 15 is 0 Å². The zero-order valence-electron chi connectivity index (χ0n) is 11.7. The molecule has 2 rings (SSSR count). The molecule has 1 aromatic carbocycles. The Labute approximate surface area is 125 Å². The number of anilines is 1. The minimum Gasteiger partial charge on any atom is -0.332 e. The third kappa shape index (κ3) is 4.08. The van der Waals surface area contributed by atoms with E-state index < -0.39 is 23.4 Å². The van der Waals surface area contributed by atoms with Gasteiger partial charge in [0.05, 0.1) is 12.2 Å². The van der Waals surface area contributed by atoms with Crippen molar-refractivity contribution in [3.05, 3.63) is 59.9 Å². The summed E-state index contributed by atoms with van der Waals surface area (Å²) in [6, 6.07) is 7.72. The van der Waals surface area contributed by atoms with Crippen LogP contribution in [0.25, 0.3) is 0 Å². The maximum atomic E-state index is 13.0. The zero-order chi connectivity index (χ0) is 16.1. The number of hydrogen-bond acceptors (Lipinski definition) is 3. The average Bonchev–Trinajstić information content (AvgIpc) is 2.46. The van der Waals surface area contributed by atoms with E-state index in [9.17, 15) is 18.4 Å². The van der Waals surface area contributed by atoms with Crippen molar-refractivity contribution in [2.45, 2.75) is 6.54 Å². The molecule has 0 aliphatic carbocycles. The number of pyridine rings is 1. The molecule has 2 aromatic rings. The molecule has 0 bridgehead atoms. The second-order valence-electron chi connectivity index (χ2n) is 4.59. The van der Waals surface area contributed by atoms with Gasteiger partial charge in [-0.25, -0.2) is 8.78 Å². The van der Waals surface area contributed by atoms with Gasteiger partial charge in [0.25, 0.3) is 0 Å². The number of benzene rings is 1. The molecule has 1 aromatic heterocycles. The number of rotatable bonds is 3. The molecule has 0 saturated carbocycles. The second-order valence-corrected chi connectivity index (χ2v) is 4.59. The fourth-order valence-electron chi connectivity index (χ4n) is 1.79. The molecule has 0 aliphatic heterocycles. The molecule has 22 heavy (non-hydrogen) atoms. The van der Waals surface area contributed by atoms with E-state index in [2.05, 4.69) is 10.3 Å².